The van der Waals surface area contributed by atoms with E-state index in [4.69, 9.17) is 9.47 Å². The standard InChI is InChI=1S/C18H21NO3S/c1-12-5-6-13(2)17(7-12)23-11-18(20)19-14-8-15(21-3)10-16(9-14)22-4/h5-10H,11H2,1-4H3,(H,19,20). The maximum absolute atomic E-state index is 12.2. The number of methoxy groups -OCH3 is 2. The molecule has 0 saturated carbocycles. The number of hydrogen-bond donors (Lipinski definition) is 1. The van der Waals surface area contributed by atoms with Gasteiger partial charge < -0.3 is 14.8 Å². The van der Waals surface area contributed by atoms with E-state index in [9.17, 15) is 4.79 Å². The van der Waals surface area contributed by atoms with Crippen LogP contribution in [-0.2, 0) is 4.79 Å². The van der Waals surface area contributed by atoms with Crippen LogP contribution in [0.1, 0.15) is 11.1 Å². The van der Waals surface area contributed by atoms with Crippen LogP contribution in [0.25, 0.3) is 0 Å². The van der Waals surface area contributed by atoms with Crippen molar-refractivity contribution in [3.63, 3.8) is 0 Å². The first-order valence-corrected chi connectivity index (χ1v) is 8.23. The quantitative estimate of drug-likeness (QED) is 0.811. The topological polar surface area (TPSA) is 47.6 Å². The third-order valence-corrected chi connectivity index (χ3v) is 4.49. The summed E-state index contributed by atoms with van der Waals surface area (Å²) in [6, 6.07) is 11.5. The number of carbonyl (C=O) groups excluding carboxylic acids is 1. The van der Waals surface area contributed by atoms with E-state index < -0.39 is 0 Å². The fourth-order valence-electron chi connectivity index (χ4n) is 2.08. The van der Waals surface area contributed by atoms with Gasteiger partial charge in [0.1, 0.15) is 11.5 Å². The van der Waals surface area contributed by atoms with Crippen molar-refractivity contribution in [1.29, 1.82) is 0 Å². The Morgan fingerprint density at radius 3 is 2.30 bits per heavy atom. The van der Waals surface area contributed by atoms with Crippen LogP contribution in [0.15, 0.2) is 41.3 Å². The number of aryl methyl sites for hydroxylation is 2. The second-order valence-corrected chi connectivity index (χ2v) is 6.22. The van der Waals surface area contributed by atoms with Gasteiger partial charge in [0, 0.05) is 28.8 Å². The Morgan fingerprint density at radius 2 is 1.70 bits per heavy atom. The molecule has 0 bridgehead atoms. The Balaban J connectivity index is 2.01. The number of rotatable bonds is 6. The Labute approximate surface area is 141 Å². The smallest absolute Gasteiger partial charge is 0.234 e. The maximum atomic E-state index is 12.2. The molecule has 0 fully saturated rings. The molecule has 5 heteroatoms. The predicted octanol–water partition coefficient (Wildman–Crippen LogP) is 4.05. The van der Waals surface area contributed by atoms with Crippen LogP contribution in [0.4, 0.5) is 5.69 Å². The zero-order chi connectivity index (χ0) is 16.8. The molecule has 0 radical (unpaired) electrons. The van der Waals surface area contributed by atoms with Crippen molar-refractivity contribution < 1.29 is 14.3 Å². The molecule has 0 atom stereocenters. The van der Waals surface area contributed by atoms with Gasteiger partial charge >= 0.3 is 0 Å². The molecular formula is C18H21NO3S. The summed E-state index contributed by atoms with van der Waals surface area (Å²) < 4.78 is 10.4. The summed E-state index contributed by atoms with van der Waals surface area (Å²) in [4.78, 5) is 13.3. The van der Waals surface area contributed by atoms with Crippen molar-refractivity contribution in [2.75, 3.05) is 25.3 Å². The van der Waals surface area contributed by atoms with Gasteiger partial charge in [-0.1, -0.05) is 17.7 Å². The Kier molecular flexibility index (Phi) is 5.93. The van der Waals surface area contributed by atoms with Gasteiger partial charge in [0.25, 0.3) is 0 Å². The number of benzene rings is 2. The van der Waals surface area contributed by atoms with Crippen LogP contribution < -0.4 is 14.8 Å². The van der Waals surface area contributed by atoms with Crippen LogP contribution in [-0.4, -0.2) is 25.9 Å². The highest BCUT2D eigenvalue weighted by atomic mass is 32.2. The first-order valence-electron chi connectivity index (χ1n) is 7.25. The lowest BCUT2D eigenvalue weighted by atomic mass is 10.2. The van der Waals surface area contributed by atoms with Gasteiger partial charge in [-0.25, -0.2) is 0 Å². The van der Waals surface area contributed by atoms with Gasteiger partial charge in [0.15, 0.2) is 0 Å². The molecule has 0 aromatic heterocycles. The molecule has 0 spiro atoms. The maximum Gasteiger partial charge on any atom is 0.234 e. The molecule has 0 heterocycles. The molecule has 122 valence electrons. The number of nitrogens with one attached hydrogen (secondary N) is 1. The Bertz CT molecular complexity index is 678. The molecule has 2 aromatic rings. The minimum atomic E-state index is -0.0637. The largest absolute Gasteiger partial charge is 0.497 e. The van der Waals surface area contributed by atoms with E-state index in [1.165, 1.54) is 22.9 Å². The number of anilines is 1. The van der Waals surface area contributed by atoms with E-state index in [1.54, 1.807) is 32.4 Å². The van der Waals surface area contributed by atoms with Crippen molar-refractivity contribution in [3.05, 3.63) is 47.5 Å². The highest BCUT2D eigenvalue weighted by molar-refractivity contribution is 8.00. The predicted molar refractivity (Wildman–Crippen MR) is 94.8 cm³/mol. The third kappa shape index (κ3) is 4.93. The van der Waals surface area contributed by atoms with Crippen LogP contribution in [0.3, 0.4) is 0 Å². The van der Waals surface area contributed by atoms with Gasteiger partial charge in [-0.2, -0.15) is 0 Å². The number of ether oxygens (including phenoxy) is 2. The summed E-state index contributed by atoms with van der Waals surface area (Å²) in [5.41, 5.74) is 3.03. The molecule has 0 aliphatic carbocycles. The molecule has 0 aliphatic rings. The second kappa shape index (κ2) is 7.92. The number of amides is 1. The van der Waals surface area contributed by atoms with Crippen LogP contribution in [0.5, 0.6) is 11.5 Å². The summed E-state index contributed by atoms with van der Waals surface area (Å²) in [6.07, 6.45) is 0. The van der Waals surface area contributed by atoms with Gasteiger partial charge in [0.2, 0.25) is 5.91 Å². The van der Waals surface area contributed by atoms with E-state index >= 15 is 0 Å². The summed E-state index contributed by atoms with van der Waals surface area (Å²) in [5.74, 6) is 1.57. The summed E-state index contributed by atoms with van der Waals surface area (Å²) in [5, 5.41) is 2.88. The van der Waals surface area contributed by atoms with Crippen molar-refractivity contribution in [2.24, 2.45) is 0 Å². The summed E-state index contributed by atoms with van der Waals surface area (Å²) >= 11 is 1.53. The molecule has 0 aliphatic heterocycles. The lowest BCUT2D eigenvalue weighted by Crippen LogP contribution is -2.14. The van der Waals surface area contributed by atoms with E-state index in [2.05, 4.69) is 23.5 Å². The summed E-state index contributed by atoms with van der Waals surface area (Å²) in [7, 11) is 3.16. The zero-order valence-corrected chi connectivity index (χ0v) is 14.6. The molecule has 4 nitrogen and oxygen atoms in total. The lowest BCUT2D eigenvalue weighted by molar-refractivity contribution is -0.113. The van der Waals surface area contributed by atoms with Gasteiger partial charge in [-0.05, 0) is 25.5 Å². The third-order valence-electron chi connectivity index (χ3n) is 3.34. The lowest BCUT2D eigenvalue weighted by Gasteiger charge is -2.10. The zero-order valence-electron chi connectivity index (χ0n) is 13.8. The first-order chi connectivity index (χ1) is 11.0. The fourth-order valence-corrected chi connectivity index (χ4v) is 3.01. The SMILES string of the molecule is COc1cc(NC(=O)CSc2cc(C)ccc2C)cc(OC)c1. The minimum Gasteiger partial charge on any atom is -0.497 e. The molecule has 2 aromatic carbocycles. The molecular weight excluding hydrogens is 310 g/mol. The van der Waals surface area contributed by atoms with E-state index in [-0.39, 0.29) is 5.91 Å². The monoisotopic (exact) mass is 331 g/mol. The summed E-state index contributed by atoms with van der Waals surface area (Å²) in [6.45, 7) is 4.10. The Morgan fingerprint density at radius 1 is 1.04 bits per heavy atom. The van der Waals surface area contributed by atoms with Crippen LogP contribution in [0.2, 0.25) is 0 Å². The van der Waals surface area contributed by atoms with Crippen LogP contribution >= 0.6 is 11.8 Å². The molecule has 2 rings (SSSR count). The van der Waals surface area contributed by atoms with E-state index in [0.717, 1.165) is 4.90 Å². The number of hydrogen-bond acceptors (Lipinski definition) is 4. The molecule has 0 unspecified atom stereocenters. The second-order valence-electron chi connectivity index (χ2n) is 5.21. The minimum absolute atomic E-state index is 0.0637. The average Bonchev–Trinajstić information content (AvgIpc) is 2.55. The van der Waals surface area contributed by atoms with Crippen molar-refractivity contribution in [2.45, 2.75) is 18.7 Å². The van der Waals surface area contributed by atoms with Gasteiger partial charge in [0.05, 0.1) is 20.0 Å². The van der Waals surface area contributed by atoms with Crippen molar-refractivity contribution in [1.82, 2.24) is 0 Å². The highest BCUT2D eigenvalue weighted by Crippen LogP contribution is 2.27. The number of carbonyl (C=O) groups is 1. The van der Waals surface area contributed by atoms with Crippen molar-refractivity contribution >= 4 is 23.4 Å². The van der Waals surface area contributed by atoms with E-state index in [0.29, 0.717) is 22.9 Å². The van der Waals surface area contributed by atoms with E-state index in [1.807, 2.05) is 13.8 Å². The average molecular weight is 331 g/mol. The normalized spacial score (nSPS) is 10.3. The number of thioether (sulfide) groups is 1. The Hall–Kier alpha value is -2.14. The van der Waals surface area contributed by atoms with Crippen molar-refractivity contribution in [3.8, 4) is 11.5 Å². The van der Waals surface area contributed by atoms with Gasteiger partial charge in [-0.3, -0.25) is 4.79 Å². The fraction of sp³-hybridized carbons (Fsp3) is 0.278. The first kappa shape index (κ1) is 17.2. The molecule has 1 amide bonds. The highest BCUT2D eigenvalue weighted by Gasteiger charge is 2.08. The molecule has 1 N–H and O–H groups in total. The van der Waals surface area contributed by atoms with Crippen LogP contribution in [0, 0.1) is 13.8 Å². The van der Waals surface area contributed by atoms with Gasteiger partial charge in [-0.15, -0.1) is 11.8 Å². The molecule has 23 heavy (non-hydrogen) atoms. The molecule has 0 saturated heterocycles.